The molecular weight excluding hydrogens is 276 g/mol. The van der Waals surface area contributed by atoms with Gasteiger partial charge in [0.25, 0.3) is 0 Å². The van der Waals surface area contributed by atoms with Gasteiger partial charge in [0.2, 0.25) is 0 Å². The van der Waals surface area contributed by atoms with E-state index in [2.05, 4.69) is 29.4 Å². The summed E-state index contributed by atoms with van der Waals surface area (Å²) >= 11 is 0. The molecule has 0 bridgehead atoms. The minimum atomic E-state index is 0.690. The maximum absolute atomic E-state index is 5.38. The Morgan fingerprint density at radius 2 is 1.59 bits per heavy atom. The van der Waals surface area contributed by atoms with Crippen LogP contribution in [0.3, 0.4) is 0 Å². The van der Waals surface area contributed by atoms with E-state index in [0.29, 0.717) is 11.5 Å². The molecule has 0 unspecified atom stereocenters. The summed E-state index contributed by atoms with van der Waals surface area (Å²) in [6, 6.07) is 14.1. The van der Waals surface area contributed by atoms with Gasteiger partial charge in [-0.3, -0.25) is 0 Å². The predicted molar refractivity (Wildman–Crippen MR) is 89.3 cm³/mol. The predicted octanol–water partition coefficient (Wildman–Crippen LogP) is 4.30. The minimum Gasteiger partial charge on any atom is -0.493 e. The summed E-state index contributed by atoms with van der Waals surface area (Å²) in [5, 5.41) is 5.39. The van der Waals surface area contributed by atoms with Crippen molar-refractivity contribution in [2.75, 3.05) is 19.5 Å². The standard InChI is InChI=1S/C18H18N2O2/c1-12-4-6-14(7-5-12)20-18-15-11-17(22-3)16(21-2)10-13(15)8-9-19-18/h4-11H,1-3H3,(H,19,20). The van der Waals surface area contributed by atoms with Crippen molar-refractivity contribution in [3.05, 3.63) is 54.2 Å². The molecule has 1 aromatic heterocycles. The maximum Gasteiger partial charge on any atom is 0.161 e. The molecule has 0 aliphatic heterocycles. The van der Waals surface area contributed by atoms with E-state index in [4.69, 9.17) is 9.47 Å². The number of aryl methyl sites for hydroxylation is 1. The monoisotopic (exact) mass is 294 g/mol. The number of rotatable bonds is 4. The fourth-order valence-corrected chi connectivity index (χ4v) is 2.37. The largest absolute Gasteiger partial charge is 0.493 e. The highest BCUT2D eigenvalue weighted by atomic mass is 16.5. The Kier molecular flexibility index (Phi) is 3.83. The Morgan fingerprint density at radius 3 is 2.27 bits per heavy atom. The molecule has 0 saturated heterocycles. The smallest absolute Gasteiger partial charge is 0.161 e. The van der Waals surface area contributed by atoms with Crippen LogP contribution in [-0.2, 0) is 0 Å². The summed E-state index contributed by atoms with van der Waals surface area (Å²) in [6.07, 6.45) is 1.78. The number of methoxy groups -OCH3 is 2. The van der Waals surface area contributed by atoms with Gasteiger partial charge in [0.15, 0.2) is 11.5 Å². The zero-order chi connectivity index (χ0) is 15.5. The number of fused-ring (bicyclic) bond motifs is 1. The van der Waals surface area contributed by atoms with Crippen LogP contribution in [0.15, 0.2) is 48.7 Å². The minimum absolute atomic E-state index is 0.690. The summed E-state index contributed by atoms with van der Waals surface area (Å²) in [5.41, 5.74) is 2.23. The third-order valence-electron chi connectivity index (χ3n) is 3.58. The number of hydrogen-bond acceptors (Lipinski definition) is 4. The van der Waals surface area contributed by atoms with Gasteiger partial charge in [-0.05, 0) is 42.6 Å². The molecule has 0 atom stereocenters. The SMILES string of the molecule is COc1cc2ccnc(Nc3ccc(C)cc3)c2cc1OC. The van der Waals surface area contributed by atoms with Gasteiger partial charge in [-0.2, -0.15) is 0 Å². The number of hydrogen-bond donors (Lipinski definition) is 1. The summed E-state index contributed by atoms with van der Waals surface area (Å²) in [5.74, 6) is 2.19. The van der Waals surface area contributed by atoms with Crippen molar-refractivity contribution in [1.82, 2.24) is 4.98 Å². The normalized spacial score (nSPS) is 10.5. The van der Waals surface area contributed by atoms with Crippen molar-refractivity contribution in [3.63, 3.8) is 0 Å². The second-order valence-electron chi connectivity index (χ2n) is 5.08. The number of pyridine rings is 1. The first-order valence-electron chi connectivity index (χ1n) is 7.05. The highest BCUT2D eigenvalue weighted by Gasteiger charge is 2.09. The van der Waals surface area contributed by atoms with E-state index in [1.807, 2.05) is 30.3 Å². The third kappa shape index (κ3) is 2.68. The summed E-state index contributed by atoms with van der Waals surface area (Å²) < 4.78 is 10.7. The van der Waals surface area contributed by atoms with Crippen LogP contribution in [0.1, 0.15) is 5.56 Å². The van der Waals surface area contributed by atoms with Crippen LogP contribution in [0.25, 0.3) is 10.8 Å². The molecule has 1 N–H and O–H groups in total. The van der Waals surface area contributed by atoms with Gasteiger partial charge in [-0.15, -0.1) is 0 Å². The summed E-state index contributed by atoms with van der Waals surface area (Å²) in [6.45, 7) is 2.07. The average molecular weight is 294 g/mol. The lowest BCUT2D eigenvalue weighted by Gasteiger charge is -2.12. The molecule has 0 spiro atoms. The lowest BCUT2D eigenvalue weighted by molar-refractivity contribution is 0.356. The zero-order valence-electron chi connectivity index (χ0n) is 12.9. The van der Waals surface area contributed by atoms with E-state index < -0.39 is 0 Å². The van der Waals surface area contributed by atoms with Crippen LogP contribution in [0.5, 0.6) is 11.5 Å². The number of nitrogens with zero attached hydrogens (tertiary/aromatic N) is 1. The topological polar surface area (TPSA) is 43.4 Å². The second kappa shape index (κ2) is 5.93. The maximum atomic E-state index is 5.38. The van der Waals surface area contributed by atoms with Gasteiger partial charge in [0.05, 0.1) is 14.2 Å². The molecule has 1 heterocycles. The van der Waals surface area contributed by atoms with E-state index >= 15 is 0 Å². The van der Waals surface area contributed by atoms with Crippen molar-refractivity contribution in [3.8, 4) is 11.5 Å². The molecule has 0 saturated carbocycles. The van der Waals surface area contributed by atoms with Crippen LogP contribution in [-0.4, -0.2) is 19.2 Å². The number of ether oxygens (including phenoxy) is 2. The molecule has 3 rings (SSSR count). The fourth-order valence-electron chi connectivity index (χ4n) is 2.37. The van der Waals surface area contributed by atoms with Crippen LogP contribution in [0, 0.1) is 6.92 Å². The van der Waals surface area contributed by atoms with Crippen LogP contribution in [0.4, 0.5) is 11.5 Å². The Bertz CT molecular complexity index is 798. The number of nitrogens with one attached hydrogen (secondary N) is 1. The van der Waals surface area contributed by atoms with E-state index in [0.717, 1.165) is 22.3 Å². The Hall–Kier alpha value is -2.75. The van der Waals surface area contributed by atoms with E-state index in [9.17, 15) is 0 Å². The van der Waals surface area contributed by atoms with Crippen molar-refractivity contribution < 1.29 is 9.47 Å². The number of benzene rings is 2. The van der Waals surface area contributed by atoms with E-state index in [-0.39, 0.29) is 0 Å². The highest BCUT2D eigenvalue weighted by molar-refractivity contribution is 5.95. The molecule has 0 amide bonds. The van der Waals surface area contributed by atoms with Crippen LogP contribution < -0.4 is 14.8 Å². The van der Waals surface area contributed by atoms with E-state index in [1.165, 1.54) is 5.56 Å². The molecule has 0 radical (unpaired) electrons. The van der Waals surface area contributed by atoms with Crippen LogP contribution >= 0.6 is 0 Å². The van der Waals surface area contributed by atoms with Gasteiger partial charge < -0.3 is 14.8 Å². The molecule has 4 heteroatoms. The third-order valence-corrected chi connectivity index (χ3v) is 3.58. The summed E-state index contributed by atoms with van der Waals surface area (Å²) in [4.78, 5) is 4.45. The molecule has 112 valence electrons. The van der Waals surface area contributed by atoms with Gasteiger partial charge >= 0.3 is 0 Å². The molecule has 0 fully saturated rings. The molecular formula is C18H18N2O2. The average Bonchev–Trinajstić information content (AvgIpc) is 2.56. The van der Waals surface area contributed by atoms with E-state index in [1.54, 1.807) is 20.4 Å². The Labute approximate surface area is 129 Å². The van der Waals surface area contributed by atoms with Crippen molar-refractivity contribution in [1.29, 1.82) is 0 Å². The van der Waals surface area contributed by atoms with Crippen LogP contribution in [0.2, 0.25) is 0 Å². The zero-order valence-corrected chi connectivity index (χ0v) is 12.9. The molecule has 22 heavy (non-hydrogen) atoms. The molecule has 3 aromatic rings. The molecule has 0 aliphatic carbocycles. The Morgan fingerprint density at radius 1 is 0.909 bits per heavy atom. The lowest BCUT2D eigenvalue weighted by atomic mass is 10.1. The molecule has 0 aliphatic rings. The van der Waals surface area contributed by atoms with Gasteiger partial charge in [0.1, 0.15) is 5.82 Å². The number of aromatic nitrogens is 1. The Balaban J connectivity index is 2.07. The number of anilines is 2. The fraction of sp³-hybridized carbons (Fsp3) is 0.167. The first-order chi connectivity index (χ1) is 10.7. The summed E-state index contributed by atoms with van der Waals surface area (Å²) in [7, 11) is 3.27. The van der Waals surface area contributed by atoms with Gasteiger partial charge in [-0.25, -0.2) is 4.98 Å². The van der Waals surface area contributed by atoms with Gasteiger partial charge in [0, 0.05) is 17.3 Å². The first kappa shape index (κ1) is 14.2. The van der Waals surface area contributed by atoms with Gasteiger partial charge in [-0.1, -0.05) is 17.7 Å². The lowest BCUT2D eigenvalue weighted by Crippen LogP contribution is -1.96. The first-order valence-corrected chi connectivity index (χ1v) is 7.05. The molecule has 2 aromatic carbocycles. The van der Waals surface area contributed by atoms with Crippen molar-refractivity contribution in [2.45, 2.75) is 6.92 Å². The van der Waals surface area contributed by atoms with Crippen molar-refractivity contribution >= 4 is 22.3 Å². The molecule has 4 nitrogen and oxygen atoms in total. The quantitative estimate of drug-likeness (QED) is 0.779. The second-order valence-corrected chi connectivity index (χ2v) is 5.08. The highest BCUT2D eigenvalue weighted by Crippen LogP contribution is 2.35. The van der Waals surface area contributed by atoms with Crippen molar-refractivity contribution in [2.24, 2.45) is 0 Å².